The Bertz CT molecular complexity index is 355. The number of nitrogens with two attached hydrogens (primary N) is 2. The molecule has 1 aromatic heterocycles. The first-order chi connectivity index (χ1) is 7.79. The Kier molecular flexibility index (Phi) is 3.86. The quantitative estimate of drug-likeness (QED) is 0.737. The molecule has 0 unspecified atom stereocenters. The van der Waals surface area contributed by atoms with Crippen molar-refractivity contribution in [3.05, 3.63) is 22.0 Å². The first-order valence-electron chi connectivity index (χ1n) is 5.24. The molecule has 88 valence electrons. The fourth-order valence-electron chi connectivity index (χ4n) is 1.78. The lowest BCUT2D eigenvalue weighted by molar-refractivity contribution is 0.483. The summed E-state index contributed by atoms with van der Waals surface area (Å²) in [5, 5.41) is 7.68. The largest absolute Gasteiger partial charge is 0.368 e. The fourth-order valence-corrected chi connectivity index (χ4v) is 3.50. The van der Waals surface area contributed by atoms with E-state index in [1.54, 1.807) is 23.1 Å². The topological polar surface area (TPSA) is 77.0 Å². The van der Waals surface area contributed by atoms with Gasteiger partial charge in [-0.3, -0.25) is 0 Å². The molecule has 1 aliphatic rings. The van der Waals surface area contributed by atoms with Gasteiger partial charge < -0.3 is 16.8 Å². The Morgan fingerprint density at radius 1 is 1.31 bits per heavy atom. The highest BCUT2D eigenvalue weighted by molar-refractivity contribution is 8.03. The van der Waals surface area contributed by atoms with E-state index >= 15 is 0 Å². The van der Waals surface area contributed by atoms with E-state index in [4.69, 9.17) is 11.5 Å². The van der Waals surface area contributed by atoms with Crippen LogP contribution in [-0.4, -0.2) is 22.9 Å². The van der Waals surface area contributed by atoms with E-state index in [0.29, 0.717) is 13.1 Å². The summed E-state index contributed by atoms with van der Waals surface area (Å²) >= 11 is 3.38. The van der Waals surface area contributed by atoms with Gasteiger partial charge in [-0.15, -0.1) is 23.1 Å². The molecule has 0 bridgehead atoms. The van der Waals surface area contributed by atoms with Crippen LogP contribution in [0.1, 0.15) is 18.5 Å². The Balaban J connectivity index is 2.07. The number of nitrogens with one attached hydrogen (secondary N) is 1. The third kappa shape index (κ3) is 2.40. The zero-order valence-corrected chi connectivity index (χ0v) is 10.6. The minimum Gasteiger partial charge on any atom is -0.368 e. The summed E-state index contributed by atoms with van der Waals surface area (Å²) in [7, 11) is 0. The van der Waals surface area contributed by atoms with E-state index < -0.39 is 0 Å². The predicted octanol–water partition coefficient (Wildman–Crippen LogP) is 1.17. The van der Waals surface area contributed by atoms with E-state index in [2.05, 4.69) is 15.7 Å². The van der Waals surface area contributed by atoms with E-state index in [9.17, 15) is 0 Å². The molecule has 16 heavy (non-hydrogen) atoms. The average molecular weight is 256 g/mol. The van der Waals surface area contributed by atoms with Crippen molar-refractivity contribution in [2.45, 2.75) is 17.7 Å². The summed E-state index contributed by atoms with van der Waals surface area (Å²) in [4.78, 5) is 4.27. The second-order valence-electron chi connectivity index (χ2n) is 3.72. The zero-order chi connectivity index (χ0) is 11.4. The average Bonchev–Trinajstić information content (AvgIpc) is 2.87. The molecule has 1 aliphatic heterocycles. The standard InChI is InChI=1S/C10H16N4S2/c11-3-1-10(2-4-12)14-9(6-16-10)8-5-15-7-13-8/h5-7,14H,1-4,11-12H2. The van der Waals surface area contributed by atoms with Crippen molar-refractivity contribution in [1.29, 1.82) is 0 Å². The molecule has 2 rings (SSSR count). The lowest BCUT2D eigenvalue weighted by Crippen LogP contribution is -2.41. The number of hydrogen-bond donors (Lipinski definition) is 3. The number of hydrogen-bond acceptors (Lipinski definition) is 6. The Labute approximate surface area is 104 Å². The fraction of sp³-hybridized carbons (Fsp3) is 0.500. The number of aromatic nitrogens is 1. The molecule has 0 atom stereocenters. The highest BCUT2D eigenvalue weighted by Gasteiger charge is 2.34. The predicted molar refractivity (Wildman–Crippen MR) is 70.9 cm³/mol. The number of nitrogens with zero attached hydrogens (tertiary/aromatic N) is 1. The molecule has 0 radical (unpaired) electrons. The van der Waals surface area contributed by atoms with Crippen molar-refractivity contribution < 1.29 is 0 Å². The maximum Gasteiger partial charge on any atom is 0.0975 e. The van der Waals surface area contributed by atoms with Crippen LogP contribution in [-0.2, 0) is 0 Å². The molecule has 0 saturated heterocycles. The van der Waals surface area contributed by atoms with Gasteiger partial charge in [0, 0.05) is 5.38 Å². The molecule has 0 amide bonds. The van der Waals surface area contributed by atoms with Crippen molar-refractivity contribution in [2.75, 3.05) is 13.1 Å². The highest BCUT2D eigenvalue weighted by atomic mass is 32.2. The summed E-state index contributed by atoms with van der Waals surface area (Å²) < 4.78 is 0. The van der Waals surface area contributed by atoms with Gasteiger partial charge in [0.05, 0.1) is 21.8 Å². The van der Waals surface area contributed by atoms with Crippen LogP contribution in [0.2, 0.25) is 0 Å². The van der Waals surface area contributed by atoms with E-state index in [1.165, 1.54) is 0 Å². The first kappa shape index (κ1) is 11.9. The molecule has 6 heteroatoms. The molecule has 1 aromatic rings. The molecule has 0 spiro atoms. The van der Waals surface area contributed by atoms with Gasteiger partial charge in [-0.2, -0.15) is 0 Å². The smallest absolute Gasteiger partial charge is 0.0975 e. The van der Waals surface area contributed by atoms with Gasteiger partial charge in [0.2, 0.25) is 0 Å². The number of thioether (sulfide) groups is 1. The van der Waals surface area contributed by atoms with Gasteiger partial charge in [0.1, 0.15) is 0 Å². The van der Waals surface area contributed by atoms with Crippen LogP contribution in [0, 0.1) is 0 Å². The minimum absolute atomic E-state index is 0.0253. The number of thiazole rings is 1. The third-order valence-electron chi connectivity index (χ3n) is 2.57. The minimum atomic E-state index is -0.0253. The molecule has 2 heterocycles. The van der Waals surface area contributed by atoms with E-state index in [-0.39, 0.29) is 4.87 Å². The second kappa shape index (κ2) is 5.18. The summed E-state index contributed by atoms with van der Waals surface area (Å²) in [6.45, 7) is 1.33. The summed E-state index contributed by atoms with van der Waals surface area (Å²) in [5.74, 6) is 0. The third-order valence-corrected chi connectivity index (χ3v) is 4.47. The summed E-state index contributed by atoms with van der Waals surface area (Å²) in [6.07, 6.45) is 1.83. The lowest BCUT2D eigenvalue weighted by atomic mass is 10.1. The molecule has 5 N–H and O–H groups in total. The molecule has 0 saturated carbocycles. The lowest BCUT2D eigenvalue weighted by Gasteiger charge is -2.29. The Hall–Kier alpha value is -0.560. The van der Waals surface area contributed by atoms with E-state index in [0.717, 1.165) is 24.2 Å². The van der Waals surface area contributed by atoms with Crippen molar-refractivity contribution in [3.63, 3.8) is 0 Å². The van der Waals surface area contributed by atoms with Gasteiger partial charge in [0.25, 0.3) is 0 Å². The molecule has 0 aromatic carbocycles. The van der Waals surface area contributed by atoms with Gasteiger partial charge >= 0.3 is 0 Å². The van der Waals surface area contributed by atoms with Crippen LogP contribution < -0.4 is 16.8 Å². The zero-order valence-electron chi connectivity index (χ0n) is 8.98. The van der Waals surface area contributed by atoms with Gasteiger partial charge in [0.15, 0.2) is 0 Å². The molecular formula is C10H16N4S2. The monoisotopic (exact) mass is 256 g/mol. The van der Waals surface area contributed by atoms with Crippen molar-refractivity contribution in [2.24, 2.45) is 11.5 Å². The van der Waals surface area contributed by atoms with Gasteiger partial charge in [-0.05, 0) is 31.3 Å². The van der Waals surface area contributed by atoms with Crippen LogP contribution in [0.15, 0.2) is 16.3 Å². The van der Waals surface area contributed by atoms with Crippen LogP contribution in [0.5, 0.6) is 0 Å². The van der Waals surface area contributed by atoms with Crippen LogP contribution in [0.25, 0.3) is 5.70 Å². The summed E-state index contributed by atoms with van der Waals surface area (Å²) in [6, 6.07) is 0. The maximum atomic E-state index is 5.66. The number of rotatable bonds is 5. The van der Waals surface area contributed by atoms with Crippen LogP contribution in [0.3, 0.4) is 0 Å². The van der Waals surface area contributed by atoms with Gasteiger partial charge in [-0.1, -0.05) is 0 Å². The Morgan fingerprint density at radius 2 is 2.06 bits per heavy atom. The van der Waals surface area contributed by atoms with Gasteiger partial charge in [-0.25, -0.2) is 4.98 Å². The van der Waals surface area contributed by atoms with Crippen LogP contribution in [0.4, 0.5) is 0 Å². The van der Waals surface area contributed by atoms with Crippen molar-refractivity contribution in [1.82, 2.24) is 10.3 Å². The molecular weight excluding hydrogens is 240 g/mol. The van der Waals surface area contributed by atoms with Crippen molar-refractivity contribution >= 4 is 28.8 Å². The maximum absolute atomic E-state index is 5.66. The first-order valence-corrected chi connectivity index (χ1v) is 7.07. The second-order valence-corrected chi connectivity index (χ2v) is 5.69. The molecule has 0 aliphatic carbocycles. The van der Waals surface area contributed by atoms with E-state index in [1.807, 2.05) is 10.9 Å². The SMILES string of the molecule is NCCC1(CCN)NC(c2cscn2)=CS1. The van der Waals surface area contributed by atoms with Crippen LogP contribution >= 0.6 is 23.1 Å². The molecule has 4 nitrogen and oxygen atoms in total. The summed E-state index contributed by atoms with van der Waals surface area (Å²) in [5.41, 5.74) is 15.3. The highest BCUT2D eigenvalue weighted by Crippen LogP contribution is 2.39. The Morgan fingerprint density at radius 3 is 2.62 bits per heavy atom. The molecule has 0 fully saturated rings. The van der Waals surface area contributed by atoms with Crippen molar-refractivity contribution in [3.8, 4) is 0 Å². The normalized spacial score (nSPS) is 18.2.